The lowest BCUT2D eigenvalue weighted by Crippen LogP contribution is -2.45. The molecule has 0 atom stereocenters. The molecule has 118 valence electrons. The van der Waals surface area contributed by atoms with Crippen LogP contribution in [0.2, 0.25) is 0 Å². The molecule has 0 radical (unpaired) electrons. The molecule has 1 fully saturated rings. The van der Waals surface area contributed by atoms with E-state index in [4.69, 9.17) is 0 Å². The lowest BCUT2D eigenvalue weighted by Gasteiger charge is -2.33. The van der Waals surface area contributed by atoms with E-state index in [1.165, 1.54) is 0 Å². The number of fused-ring (bicyclic) bond motifs is 1. The molecule has 7 nitrogen and oxygen atoms in total. The summed E-state index contributed by atoms with van der Waals surface area (Å²) in [6, 6.07) is 3.49. The highest BCUT2D eigenvalue weighted by Crippen LogP contribution is 2.22. The molecule has 0 saturated carbocycles. The third-order valence-electron chi connectivity index (χ3n) is 4.07. The fraction of sp³-hybridized carbons (Fsp3) is 0.533. The highest BCUT2D eigenvalue weighted by atomic mass is 16.4. The van der Waals surface area contributed by atoms with E-state index in [1.807, 2.05) is 6.07 Å². The minimum absolute atomic E-state index is 0.0663. The van der Waals surface area contributed by atoms with Gasteiger partial charge in [0.2, 0.25) is 0 Å². The Balaban J connectivity index is 2.11. The fourth-order valence-electron chi connectivity index (χ4n) is 2.63. The molecule has 0 bridgehead atoms. The van der Waals surface area contributed by atoms with Crippen LogP contribution in [0.25, 0.3) is 5.65 Å². The first-order valence-electron chi connectivity index (χ1n) is 7.53. The van der Waals surface area contributed by atoms with Crippen LogP contribution in [0.15, 0.2) is 12.1 Å². The minimum atomic E-state index is -1.01. The van der Waals surface area contributed by atoms with Crippen molar-refractivity contribution in [3.63, 3.8) is 0 Å². The van der Waals surface area contributed by atoms with Crippen molar-refractivity contribution in [1.82, 2.24) is 19.5 Å². The van der Waals surface area contributed by atoms with Crippen LogP contribution in [0.1, 0.15) is 35.9 Å². The summed E-state index contributed by atoms with van der Waals surface area (Å²) in [5.41, 5.74) is 1.58. The second-order valence-corrected chi connectivity index (χ2v) is 6.09. The van der Waals surface area contributed by atoms with E-state index < -0.39 is 5.97 Å². The number of hydrogen-bond donors (Lipinski definition) is 1. The van der Waals surface area contributed by atoms with Gasteiger partial charge in [-0.25, -0.2) is 9.78 Å². The first-order valence-corrected chi connectivity index (χ1v) is 7.53. The van der Waals surface area contributed by atoms with Crippen molar-refractivity contribution in [2.45, 2.75) is 19.8 Å². The summed E-state index contributed by atoms with van der Waals surface area (Å²) in [6.45, 7) is 7.73. The van der Waals surface area contributed by atoms with Gasteiger partial charge in [0.1, 0.15) is 5.82 Å². The summed E-state index contributed by atoms with van der Waals surface area (Å²) in [5, 5.41) is 13.9. The molecule has 1 aliphatic rings. The van der Waals surface area contributed by atoms with Crippen molar-refractivity contribution >= 4 is 17.4 Å². The Morgan fingerprint density at radius 1 is 1.23 bits per heavy atom. The van der Waals surface area contributed by atoms with Crippen molar-refractivity contribution in [3.8, 4) is 0 Å². The Labute approximate surface area is 129 Å². The van der Waals surface area contributed by atoms with Crippen LogP contribution in [0, 0.1) is 0 Å². The van der Waals surface area contributed by atoms with Gasteiger partial charge >= 0.3 is 5.97 Å². The molecule has 1 aliphatic heterocycles. The quantitative estimate of drug-likeness (QED) is 0.921. The number of carboxylic acids is 1. The maximum absolute atomic E-state index is 11.4. The number of nitrogens with zero attached hydrogens (tertiary/aromatic N) is 5. The van der Waals surface area contributed by atoms with Gasteiger partial charge in [-0.3, -0.25) is 0 Å². The number of carbonyl (C=O) groups is 1. The molecule has 3 rings (SSSR count). The zero-order valence-electron chi connectivity index (χ0n) is 13.2. The molecule has 0 amide bonds. The van der Waals surface area contributed by atoms with E-state index in [0.717, 1.165) is 37.7 Å². The smallest absolute Gasteiger partial charge is 0.354 e. The van der Waals surface area contributed by atoms with Gasteiger partial charge in [0.05, 0.1) is 5.69 Å². The Bertz CT molecular complexity index is 701. The van der Waals surface area contributed by atoms with Crippen LogP contribution in [0.3, 0.4) is 0 Å². The van der Waals surface area contributed by atoms with E-state index in [2.05, 4.69) is 40.8 Å². The molecular formula is C15H21N5O2. The normalized spacial score (nSPS) is 16.6. The Kier molecular flexibility index (Phi) is 3.74. The van der Waals surface area contributed by atoms with Crippen molar-refractivity contribution < 1.29 is 9.90 Å². The highest BCUT2D eigenvalue weighted by molar-refractivity contribution is 5.87. The molecule has 1 saturated heterocycles. The second kappa shape index (κ2) is 5.57. The SMILES string of the molecule is CC(C)c1cc2nc(C(=O)O)cc(N3CCN(C)CC3)n2n1. The summed E-state index contributed by atoms with van der Waals surface area (Å²) in [5.74, 6) is 0.0721. The van der Waals surface area contributed by atoms with Gasteiger partial charge in [-0.2, -0.15) is 9.61 Å². The number of hydrogen-bond acceptors (Lipinski definition) is 5. The number of piperazine rings is 1. The summed E-state index contributed by atoms with van der Waals surface area (Å²) < 4.78 is 1.77. The minimum Gasteiger partial charge on any atom is -0.477 e. The Morgan fingerprint density at radius 3 is 2.50 bits per heavy atom. The van der Waals surface area contributed by atoms with Crippen LogP contribution in [-0.2, 0) is 0 Å². The van der Waals surface area contributed by atoms with Gasteiger partial charge < -0.3 is 14.9 Å². The number of carboxylic acid groups (broad SMARTS) is 1. The Hall–Kier alpha value is -2.15. The van der Waals surface area contributed by atoms with Crippen LogP contribution in [0.4, 0.5) is 5.82 Å². The van der Waals surface area contributed by atoms with E-state index in [0.29, 0.717) is 5.65 Å². The molecule has 3 heterocycles. The monoisotopic (exact) mass is 303 g/mol. The third kappa shape index (κ3) is 2.64. The predicted molar refractivity (Wildman–Crippen MR) is 83.7 cm³/mol. The van der Waals surface area contributed by atoms with Crippen LogP contribution < -0.4 is 4.90 Å². The van der Waals surface area contributed by atoms with E-state index in [-0.39, 0.29) is 11.6 Å². The highest BCUT2D eigenvalue weighted by Gasteiger charge is 2.21. The molecular weight excluding hydrogens is 282 g/mol. The van der Waals surface area contributed by atoms with Crippen LogP contribution in [0.5, 0.6) is 0 Å². The number of rotatable bonds is 3. The van der Waals surface area contributed by atoms with Crippen molar-refractivity contribution in [1.29, 1.82) is 0 Å². The molecule has 7 heteroatoms. The average molecular weight is 303 g/mol. The van der Waals surface area contributed by atoms with E-state index >= 15 is 0 Å². The van der Waals surface area contributed by atoms with E-state index in [9.17, 15) is 9.90 Å². The average Bonchev–Trinajstić information content (AvgIpc) is 2.91. The summed E-state index contributed by atoms with van der Waals surface area (Å²) in [6.07, 6.45) is 0. The lowest BCUT2D eigenvalue weighted by molar-refractivity contribution is 0.0690. The molecule has 0 unspecified atom stereocenters. The standard InChI is InChI=1S/C15H21N5O2/c1-10(2)11-8-13-16-12(15(21)22)9-14(20(13)17-11)19-6-4-18(3)5-7-19/h8-10H,4-7H2,1-3H3,(H,21,22). The zero-order valence-corrected chi connectivity index (χ0v) is 13.2. The van der Waals surface area contributed by atoms with Crippen molar-refractivity contribution in [3.05, 3.63) is 23.5 Å². The van der Waals surface area contributed by atoms with Crippen LogP contribution >= 0.6 is 0 Å². The van der Waals surface area contributed by atoms with Crippen molar-refractivity contribution in [2.75, 3.05) is 38.1 Å². The van der Waals surface area contributed by atoms with Gasteiger partial charge in [0, 0.05) is 38.3 Å². The number of aromatic nitrogens is 3. The molecule has 2 aromatic heterocycles. The molecule has 0 aliphatic carbocycles. The summed E-state index contributed by atoms with van der Waals surface area (Å²) >= 11 is 0. The van der Waals surface area contributed by atoms with Gasteiger partial charge in [-0.05, 0) is 13.0 Å². The molecule has 1 N–H and O–H groups in total. The summed E-state index contributed by atoms with van der Waals surface area (Å²) in [4.78, 5) is 20.0. The maximum atomic E-state index is 11.4. The first kappa shape index (κ1) is 14.8. The predicted octanol–water partition coefficient (Wildman–Crippen LogP) is 1.30. The zero-order chi connectivity index (χ0) is 15.9. The third-order valence-corrected chi connectivity index (χ3v) is 4.07. The van der Waals surface area contributed by atoms with Gasteiger partial charge in [0.25, 0.3) is 0 Å². The number of likely N-dealkylation sites (N-methyl/N-ethyl adjacent to an activating group) is 1. The largest absolute Gasteiger partial charge is 0.477 e. The lowest BCUT2D eigenvalue weighted by atomic mass is 10.1. The van der Waals surface area contributed by atoms with Gasteiger partial charge in [0.15, 0.2) is 11.3 Å². The maximum Gasteiger partial charge on any atom is 0.354 e. The topological polar surface area (TPSA) is 74.0 Å². The number of aromatic carboxylic acids is 1. The second-order valence-electron chi connectivity index (χ2n) is 6.09. The molecule has 0 spiro atoms. The molecule has 22 heavy (non-hydrogen) atoms. The molecule has 2 aromatic rings. The Morgan fingerprint density at radius 2 is 1.91 bits per heavy atom. The molecule has 0 aromatic carbocycles. The van der Waals surface area contributed by atoms with Crippen LogP contribution in [-0.4, -0.2) is 63.8 Å². The first-order chi connectivity index (χ1) is 10.5. The summed E-state index contributed by atoms with van der Waals surface area (Å²) in [7, 11) is 2.09. The number of anilines is 1. The van der Waals surface area contributed by atoms with E-state index in [1.54, 1.807) is 10.6 Å². The van der Waals surface area contributed by atoms with Gasteiger partial charge in [-0.15, -0.1) is 0 Å². The fourth-order valence-corrected chi connectivity index (χ4v) is 2.63. The van der Waals surface area contributed by atoms with Gasteiger partial charge in [-0.1, -0.05) is 13.8 Å². The van der Waals surface area contributed by atoms with Crippen molar-refractivity contribution in [2.24, 2.45) is 0 Å².